The highest BCUT2D eigenvalue weighted by molar-refractivity contribution is 8.93. The predicted molar refractivity (Wildman–Crippen MR) is 90.6 cm³/mol. The van der Waals surface area contributed by atoms with Gasteiger partial charge in [-0.3, -0.25) is 0 Å². The van der Waals surface area contributed by atoms with Gasteiger partial charge in [-0.2, -0.15) is 0 Å². The fourth-order valence-electron chi connectivity index (χ4n) is 2.54. The summed E-state index contributed by atoms with van der Waals surface area (Å²) in [6.45, 7) is 4.60. The summed E-state index contributed by atoms with van der Waals surface area (Å²) in [5, 5.41) is 0. The quantitative estimate of drug-likeness (QED) is 0.482. The molecule has 0 N–H and O–H groups in total. The van der Waals surface area contributed by atoms with Gasteiger partial charge < -0.3 is 9.80 Å². The van der Waals surface area contributed by atoms with Crippen LogP contribution in [0.4, 0.5) is 0 Å². The molecule has 2 nitrogen and oxygen atoms in total. The second kappa shape index (κ2) is 12.8. The van der Waals surface area contributed by atoms with Crippen molar-refractivity contribution in [2.24, 2.45) is 0 Å². The van der Waals surface area contributed by atoms with Crippen LogP contribution in [0.15, 0.2) is 12.4 Å². The Morgan fingerprint density at radius 3 is 1.79 bits per heavy atom. The van der Waals surface area contributed by atoms with Crippen LogP contribution in [0.3, 0.4) is 0 Å². The number of hydrogen-bond donors (Lipinski definition) is 0. The Morgan fingerprint density at radius 1 is 0.789 bits per heavy atom. The lowest BCUT2D eigenvalue weighted by molar-refractivity contribution is 0.290. The van der Waals surface area contributed by atoms with E-state index in [0.29, 0.717) is 0 Å². The maximum atomic E-state index is 2.41. The van der Waals surface area contributed by atoms with E-state index in [-0.39, 0.29) is 17.0 Å². The van der Waals surface area contributed by atoms with Gasteiger partial charge >= 0.3 is 0 Å². The summed E-state index contributed by atoms with van der Waals surface area (Å²) in [6.07, 6.45) is 18.6. The zero-order valence-corrected chi connectivity index (χ0v) is 14.7. The second-order valence-electron chi connectivity index (χ2n) is 5.69. The smallest absolute Gasteiger partial charge is 0.0890 e. The topological polar surface area (TPSA) is 6.48 Å². The molecular weight excluding hydrogens is 300 g/mol. The van der Waals surface area contributed by atoms with Gasteiger partial charge in [-0.05, 0) is 6.42 Å². The maximum absolute atomic E-state index is 2.41. The Kier molecular flexibility index (Phi) is 12.7. The minimum Gasteiger partial charge on any atom is -0.362 e. The van der Waals surface area contributed by atoms with Crippen LogP contribution in [0.1, 0.15) is 71.1 Å². The van der Waals surface area contributed by atoms with Crippen LogP contribution in [0.25, 0.3) is 0 Å². The van der Waals surface area contributed by atoms with Crippen LogP contribution in [0.2, 0.25) is 0 Å². The number of hydrogen-bond acceptors (Lipinski definition) is 2. The van der Waals surface area contributed by atoms with E-state index in [2.05, 4.69) is 36.2 Å². The zero-order chi connectivity index (χ0) is 13.1. The van der Waals surface area contributed by atoms with Gasteiger partial charge in [0.25, 0.3) is 0 Å². The highest BCUT2D eigenvalue weighted by Gasteiger charge is 2.06. The first-order valence-electron chi connectivity index (χ1n) is 7.95. The maximum Gasteiger partial charge on any atom is 0.0890 e. The second-order valence-corrected chi connectivity index (χ2v) is 5.69. The Hall–Kier alpha value is -0.180. The number of rotatable bonds is 11. The molecular formula is C16H33BrN2. The Balaban J connectivity index is 0.00000324. The third-order valence-electron chi connectivity index (χ3n) is 3.74. The minimum absolute atomic E-state index is 0. The van der Waals surface area contributed by atoms with Gasteiger partial charge in [-0.25, -0.2) is 0 Å². The highest BCUT2D eigenvalue weighted by atomic mass is 79.9. The monoisotopic (exact) mass is 332 g/mol. The van der Waals surface area contributed by atoms with Crippen molar-refractivity contribution in [3.63, 3.8) is 0 Å². The van der Waals surface area contributed by atoms with Crippen LogP contribution in [-0.2, 0) is 0 Å². The molecule has 1 aliphatic rings. The molecule has 0 aromatic heterocycles. The summed E-state index contributed by atoms with van der Waals surface area (Å²) in [4.78, 5) is 4.64. The lowest BCUT2D eigenvalue weighted by Gasteiger charge is -2.17. The summed E-state index contributed by atoms with van der Waals surface area (Å²) in [7, 11) is 2.13. The molecule has 0 amide bonds. The molecule has 1 rings (SSSR count). The molecule has 0 bridgehead atoms. The molecule has 1 aliphatic heterocycles. The van der Waals surface area contributed by atoms with E-state index in [1.165, 1.54) is 70.8 Å². The molecule has 0 aromatic rings. The molecule has 114 valence electrons. The Labute approximate surface area is 131 Å². The molecule has 0 radical (unpaired) electrons. The van der Waals surface area contributed by atoms with Crippen LogP contribution < -0.4 is 0 Å². The molecule has 0 aromatic carbocycles. The summed E-state index contributed by atoms with van der Waals surface area (Å²) in [5.41, 5.74) is 0. The van der Waals surface area contributed by atoms with Gasteiger partial charge in [0.2, 0.25) is 0 Å². The minimum atomic E-state index is 0. The van der Waals surface area contributed by atoms with Gasteiger partial charge in [0, 0.05) is 26.0 Å². The first-order valence-corrected chi connectivity index (χ1v) is 7.95. The molecule has 19 heavy (non-hydrogen) atoms. The van der Waals surface area contributed by atoms with Crippen molar-refractivity contribution >= 4 is 17.0 Å². The average Bonchev–Trinajstić information content (AvgIpc) is 2.77. The van der Waals surface area contributed by atoms with Crippen molar-refractivity contribution in [2.45, 2.75) is 71.1 Å². The average molecular weight is 333 g/mol. The third-order valence-corrected chi connectivity index (χ3v) is 3.74. The third kappa shape index (κ3) is 10.3. The van der Waals surface area contributed by atoms with E-state index in [9.17, 15) is 0 Å². The van der Waals surface area contributed by atoms with Crippen molar-refractivity contribution in [2.75, 3.05) is 20.3 Å². The van der Waals surface area contributed by atoms with Gasteiger partial charge in [0.1, 0.15) is 0 Å². The number of unbranched alkanes of at least 4 members (excludes halogenated alkanes) is 9. The molecule has 1 heterocycles. The molecule has 0 unspecified atom stereocenters. The zero-order valence-electron chi connectivity index (χ0n) is 12.9. The van der Waals surface area contributed by atoms with Crippen molar-refractivity contribution in [1.82, 2.24) is 9.80 Å². The summed E-state index contributed by atoms with van der Waals surface area (Å²) in [6, 6.07) is 0. The van der Waals surface area contributed by atoms with E-state index in [4.69, 9.17) is 0 Å². The van der Waals surface area contributed by atoms with Crippen LogP contribution in [-0.4, -0.2) is 30.1 Å². The molecule has 0 atom stereocenters. The summed E-state index contributed by atoms with van der Waals surface area (Å²) < 4.78 is 0. The van der Waals surface area contributed by atoms with Crippen LogP contribution in [0, 0.1) is 0 Å². The van der Waals surface area contributed by atoms with Crippen LogP contribution >= 0.6 is 17.0 Å². The first kappa shape index (κ1) is 18.8. The normalized spacial score (nSPS) is 14.0. The van der Waals surface area contributed by atoms with Gasteiger partial charge in [0.05, 0.1) is 6.67 Å². The number of nitrogens with zero attached hydrogens (tertiary/aromatic N) is 2. The molecule has 0 spiro atoms. The standard InChI is InChI=1S/C16H32N2.BrH/c1-3-4-5-6-7-8-9-10-11-12-13-18-15-14-17(2)16-18;/h14-15H,3-13,16H2,1-2H3;1H. The van der Waals surface area contributed by atoms with Crippen molar-refractivity contribution in [3.05, 3.63) is 12.4 Å². The van der Waals surface area contributed by atoms with E-state index in [1.807, 2.05) is 0 Å². The summed E-state index contributed by atoms with van der Waals surface area (Å²) in [5.74, 6) is 0. The highest BCUT2D eigenvalue weighted by Crippen LogP contribution is 2.11. The first-order chi connectivity index (χ1) is 8.83. The van der Waals surface area contributed by atoms with Gasteiger partial charge in [0.15, 0.2) is 0 Å². The lowest BCUT2D eigenvalue weighted by Crippen LogP contribution is -2.23. The Bertz CT molecular complexity index is 219. The van der Waals surface area contributed by atoms with Crippen molar-refractivity contribution in [3.8, 4) is 0 Å². The lowest BCUT2D eigenvalue weighted by atomic mass is 10.1. The molecule has 3 heteroatoms. The van der Waals surface area contributed by atoms with E-state index in [0.717, 1.165) is 6.67 Å². The molecule has 0 fully saturated rings. The van der Waals surface area contributed by atoms with Gasteiger partial charge in [-0.15, -0.1) is 17.0 Å². The fraction of sp³-hybridized carbons (Fsp3) is 0.875. The Morgan fingerprint density at radius 2 is 1.32 bits per heavy atom. The summed E-state index contributed by atoms with van der Waals surface area (Å²) >= 11 is 0. The molecule has 0 aliphatic carbocycles. The van der Waals surface area contributed by atoms with E-state index in [1.54, 1.807) is 0 Å². The molecule has 0 saturated heterocycles. The SMILES string of the molecule is Br.CCCCCCCCCCCCN1C=CN(C)C1. The van der Waals surface area contributed by atoms with E-state index >= 15 is 0 Å². The van der Waals surface area contributed by atoms with Gasteiger partial charge in [-0.1, -0.05) is 64.7 Å². The van der Waals surface area contributed by atoms with Crippen molar-refractivity contribution < 1.29 is 0 Å². The van der Waals surface area contributed by atoms with Crippen LogP contribution in [0.5, 0.6) is 0 Å². The largest absolute Gasteiger partial charge is 0.362 e. The predicted octanol–water partition coefficient (Wildman–Crippen LogP) is 5.16. The molecule has 0 saturated carbocycles. The van der Waals surface area contributed by atoms with E-state index < -0.39 is 0 Å². The fourth-order valence-corrected chi connectivity index (χ4v) is 2.54. The number of halogens is 1. The van der Waals surface area contributed by atoms with Crippen molar-refractivity contribution in [1.29, 1.82) is 0 Å².